The lowest BCUT2D eigenvalue weighted by atomic mass is 10.2. The van der Waals surface area contributed by atoms with E-state index in [9.17, 15) is 13.2 Å². The van der Waals surface area contributed by atoms with Crippen molar-refractivity contribution in [2.75, 3.05) is 5.43 Å². The third-order valence-corrected chi connectivity index (χ3v) is 3.77. The Hall–Kier alpha value is -2.93. The molecule has 1 aliphatic heterocycles. The van der Waals surface area contributed by atoms with E-state index in [1.165, 1.54) is 18.2 Å². The molecule has 5 N–H and O–H groups in total. The topological polar surface area (TPSA) is 161 Å². The Bertz CT molecular complexity index is 790. The first kappa shape index (κ1) is 13.5. The number of amides is 1. The van der Waals surface area contributed by atoms with Crippen LogP contribution in [0.3, 0.4) is 0 Å². The Morgan fingerprint density at radius 3 is 2.80 bits per heavy atom. The zero-order valence-corrected chi connectivity index (χ0v) is 10.7. The van der Waals surface area contributed by atoms with E-state index in [2.05, 4.69) is 10.5 Å². The third kappa shape index (κ3) is 2.29. The number of hydrogen-bond donors (Lipinski definition) is 4. The van der Waals surface area contributed by atoms with Gasteiger partial charge in [0.05, 0.1) is 11.3 Å². The van der Waals surface area contributed by atoms with Gasteiger partial charge < -0.3 is 5.73 Å². The van der Waals surface area contributed by atoms with E-state index in [0.717, 1.165) is 0 Å². The molecule has 0 saturated carbocycles. The highest BCUT2D eigenvalue weighted by Crippen LogP contribution is 2.25. The van der Waals surface area contributed by atoms with Gasteiger partial charge in [0.1, 0.15) is 11.0 Å². The van der Waals surface area contributed by atoms with E-state index in [-0.39, 0.29) is 21.9 Å². The number of benzene rings is 1. The molecule has 0 radical (unpaired) electrons. The summed E-state index contributed by atoms with van der Waals surface area (Å²) in [6.07, 6.45) is 0. The lowest BCUT2D eigenvalue weighted by Crippen LogP contribution is -2.21. The molecule has 1 aromatic rings. The zero-order valence-electron chi connectivity index (χ0n) is 9.84. The van der Waals surface area contributed by atoms with Gasteiger partial charge in [-0.2, -0.15) is 10.4 Å². The Labute approximate surface area is 113 Å². The first-order valence-electron chi connectivity index (χ1n) is 5.14. The fourth-order valence-electron chi connectivity index (χ4n) is 1.50. The molecule has 0 saturated heterocycles. The first-order valence-corrected chi connectivity index (χ1v) is 6.63. The molecule has 0 bridgehead atoms. The lowest BCUT2D eigenvalue weighted by Gasteiger charge is -2.02. The maximum Gasteiger partial charge on any atom is 0.266 e. The number of fused-ring (bicyclic) bond motifs is 1. The fourth-order valence-corrected chi connectivity index (χ4v) is 2.70. The predicted octanol–water partition coefficient (Wildman–Crippen LogP) is -0.654. The van der Waals surface area contributed by atoms with E-state index in [1.807, 2.05) is 4.72 Å². The van der Waals surface area contributed by atoms with Gasteiger partial charge in [0, 0.05) is 0 Å². The SMILES string of the molecule is N#C/C(=N\Nc1ccc2c(c1)S(=O)(=O)NC2=O)C(=N)N. The number of rotatable bonds is 3. The normalized spacial score (nSPS) is 15.9. The highest BCUT2D eigenvalue weighted by atomic mass is 32.2. The second kappa shape index (κ2) is 4.63. The number of anilines is 1. The van der Waals surface area contributed by atoms with Gasteiger partial charge in [-0.3, -0.25) is 15.6 Å². The minimum atomic E-state index is -3.86. The van der Waals surface area contributed by atoms with Gasteiger partial charge in [0.15, 0.2) is 5.84 Å². The molecule has 0 atom stereocenters. The number of nitrogens with one attached hydrogen (secondary N) is 3. The summed E-state index contributed by atoms with van der Waals surface area (Å²) in [7, 11) is -3.86. The summed E-state index contributed by atoms with van der Waals surface area (Å²) in [5.74, 6) is -1.22. The van der Waals surface area contributed by atoms with Gasteiger partial charge in [-0.15, -0.1) is 0 Å². The number of nitrogens with zero attached hydrogens (tertiary/aromatic N) is 2. The summed E-state index contributed by atoms with van der Waals surface area (Å²) >= 11 is 0. The van der Waals surface area contributed by atoms with Crippen LogP contribution in [-0.2, 0) is 10.0 Å². The van der Waals surface area contributed by atoms with E-state index in [1.54, 1.807) is 6.07 Å². The molecule has 0 spiro atoms. The van der Waals surface area contributed by atoms with Crippen LogP contribution >= 0.6 is 0 Å². The molecule has 0 aromatic heterocycles. The molecule has 0 aliphatic carbocycles. The van der Waals surface area contributed by atoms with Gasteiger partial charge >= 0.3 is 0 Å². The van der Waals surface area contributed by atoms with Gasteiger partial charge in [-0.25, -0.2) is 13.1 Å². The Morgan fingerprint density at radius 1 is 1.50 bits per heavy atom. The summed E-state index contributed by atoms with van der Waals surface area (Å²) in [5.41, 5.74) is 7.43. The van der Waals surface area contributed by atoms with E-state index >= 15 is 0 Å². The van der Waals surface area contributed by atoms with Gasteiger partial charge in [0.2, 0.25) is 5.71 Å². The van der Waals surface area contributed by atoms with E-state index < -0.39 is 21.8 Å². The Kier molecular flexibility index (Phi) is 3.13. The van der Waals surface area contributed by atoms with Crippen LogP contribution < -0.4 is 15.9 Å². The molecule has 9 nitrogen and oxygen atoms in total. The van der Waals surface area contributed by atoms with E-state index in [4.69, 9.17) is 16.4 Å². The number of amidine groups is 1. The summed E-state index contributed by atoms with van der Waals surface area (Å²) in [6.45, 7) is 0. The number of sulfonamides is 1. The molecule has 1 heterocycles. The first-order chi connectivity index (χ1) is 9.35. The molecule has 0 fully saturated rings. The highest BCUT2D eigenvalue weighted by Gasteiger charge is 2.32. The van der Waals surface area contributed by atoms with Gasteiger partial charge in [-0.05, 0) is 18.2 Å². The van der Waals surface area contributed by atoms with Crippen molar-refractivity contribution in [3.8, 4) is 6.07 Å². The van der Waals surface area contributed by atoms with Crippen molar-refractivity contribution in [2.24, 2.45) is 10.8 Å². The number of nitrogens with two attached hydrogens (primary N) is 1. The number of hydrogen-bond acceptors (Lipinski definition) is 7. The maximum atomic E-state index is 11.6. The Balaban J connectivity index is 2.37. The van der Waals surface area contributed by atoms with Gasteiger partial charge in [0.25, 0.3) is 15.9 Å². The standard InChI is InChI=1S/C10H8N6O3S/c11-4-7(9(12)13)15-14-5-1-2-6-8(3-5)20(18,19)16-10(6)17/h1-3,14H,(H3,12,13)(H,16,17)/b15-7+. The van der Waals surface area contributed by atoms with Crippen LogP contribution in [0.5, 0.6) is 0 Å². The van der Waals surface area contributed by atoms with Gasteiger partial charge in [-0.1, -0.05) is 0 Å². The highest BCUT2D eigenvalue weighted by molar-refractivity contribution is 7.90. The molecule has 1 amide bonds. The summed E-state index contributed by atoms with van der Waals surface area (Å²) < 4.78 is 25.1. The largest absolute Gasteiger partial charge is 0.382 e. The number of hydrazone groups is 1. The zero-order chi connectivity index (χ0) is 14.9. The minimum absolute atomic E-state index is 0.0339. The predicted molar refractivity (Wildman–Crippen MR) is 69.7 cm³/mol. The van der Waals surface area contributed by atoms with Crippen LogP contribution in [0.4, 0.5) is 5.69 Å². The van der Waals surface area contributed by atoms with Crippen molar-refractivity contribution in [3.63, 3.8) is 0 Å². The maximum absolute atomic E-state index is 11.6. The van der Waals surface area contributed by atoms with Crippen molar-refractivity contribution in [3.05, 3.63) is 23.8 Å². The average Bonchev–Trinajstić information content (AvgIpc) is 2.60. The van der Waals surface area contributed by atoms with E-state index in [0.29, 0.717) is 0 Å². The van der Waals surface area contributed by atoms with Crippen LogP contribution in [0.2, 0.25) is 0 Å². The molecule has 1 aromatic carbocycles. The summed E-state index contributed by atoms with van der Waals surface area (Å²) in [6, 6.07) is 5.52. The molecule has 20 heavy (non-hydrogen) atoms. The smallest absolute Gasteiger partial charge is 0.266 e. The fraction of sp³-hybridized carbons (Fsp3) is 0. The number of carbonyl (C=O) groups is 1. The van der Waals surface area contributed by atoms with Crippen LogP contribution in [0, 0.1) is 16.7 Å². The summed E-state index contributed by atoms with van der Waals surface area (Å²) in [5, 5.41) is 19.3. The second-order valence-corrected chi connectivity index (χ2v) is 5.39. The lowest BCUT2D eigenvalue weighted by molar-refractivity contribution is 0.0985. The third-order valence-electron chi connectivity index (χ3n) is 2.40. The van der Waals surface area contributed by atoms with Crippen molar-refractivity contribution >= 4 is 33.2 Å². The van der Waals surface area contributed by atoms with Crippen LogP contribution in [0.25, 0.3) is 0 Å². The minimum Gasteiger partial charge on any atom is -0.382 e. The van der Waals surface area contributed by atoms with Crippen LogP contribution in [-0.4, -0.2) is 25.9 Å². The quantitative estimate of drug-likeness (QED) is 0.328. The summed E-state index contributed by atoms with van der Waals surface area (Å²) in [4.78, 5) is 11.2. The van der Waals surface area contributed by atoms with Crippen molar-refractivity contribution < 1.29 is 13.2 Å². The van der Waals surface area contributed by atoms with Crippen molar-refractivity contribution in [2.45, 2.75) is 4.90 Å². The van der Waals surface area contributed by atoms with Crippen LogP contribution in [0.1, 0.15) is 10.4 Å². The molecule has 102 valence electrons. The molecule has 10 heteroatoms. The average molecular weight is 292 g/mol. The number of carbonyl (C=O) groups excluding carboxylic acids is 1. The monoisotopic (exact) mass is 292 g/mol. The molecular formula is C10H8N6O3S. The molecule has 1 aliphatic rings. The molecule has 0 unspecified atom stereocenters. The van der Waals surface area contributed by atoms with Crippen LogP contribution in [0.15, 0.2) is 28.2 Å². The number of nitriles is 1. The van der Waals surface area contributed by atoms with Crippen molar-refractivity contribution in [1.82, 2.24) is 4.72 Å². The molecule has 2 rings (SSSR count). The molecular weight excluding hydrogens is 284 g/mol. The van der Waals surface area contributed by atoms with Crippen molar-refractivity contribution in [1.29, 1.82) is 10.7 Å². The second-order valence-electron chi connectivity index (χ2n) is 3.74. The Morgan fingerprint density at radius 2 is 2.20 bits per heavy atom.